The van der Waals surface area contributed by atoms with E-state index in [0.717, 1.165) is 0 Å². The zero-order valence-corrected chi connectivity index (χ0v) is 13.6. The Kier molecular flexibility index (Phi) is 5.62. The van der Waals surface area contributed by atoms with Crippen LogP contribution in [0.3, 0.4) is 0 Å². The number of carbonyl (C=O) groups excluding carboxylic acids is 1. The maximum Gasteiger partial charge on any atom is 0.271 e. The van der Waals surface area contributed by atoms with Crippen molar-refractivity contribution in [2.75, 3.05) is 26.6 Å². The molecule has 0 saturated heterocycles. The van der Waals surface area contributed by atoms with Crippen LogP contribution in [0.5, 0.6) is 17.2 Å². The zero-order valence-electron chi connectivity index (χ0n) is 13.6. The van der Waals surface area contributed by atoms with Gasteiger partial charge in [-0.05, 0) is 35.9 Å². The maximum absolute atomic E-state index is 11.9. The van der Waals surface area contributed by atoms with Gasteiger partial charge in [-0.2, -0.15) is 0 Å². The van der Waals surface area contributed by atoms with Crippen molar-refractivity contribution < 1.29 is 19.0 Å². The van der Waals surface area contributed by atoms with Gasteiger partial charge in [0.25, 0.3) is 5.56 Å². The van der Waals surface area contributed by atoms with Crippen molar-refractivity contribution in [2.24, 2.45) is 0 Å². The standard InChI is InChI=1S/C17H18N2O5/c1-22-13-9-11(10-14(23-2)16(13)24-3)6-7-15(20)19-12-5-4-8-18-17(12)21/h4-10H,1-3H3,(H,18,21)(H,19,20). The average Bonchev–Trinajstić information content (AvgIpc) is 2.60. The van der Waals surface area contributed by atoms with Gasteiger partial charge >= 0.3 is 0 Å². The summed E-state index contributed by atoms with van der Waals surface area (Å²) >= 11 is 0. The summed E-state index contributed by atoms with van der Waals surface area (Å²) in [4.78, 5) is 25.9. The normalized spacial score (nSPS) is 10.5. The van der Waals surface area contributed by atoms with Crippen molar-refractivity contribution in [3.8, 4) is 17.2 Å². The van der Waals surface area contributed by atoms with Gasteiger partial charge in [-0.1, -0.05) is 0 Å². The number of aromatic nitrogens is 1. The van der Waals surface area contributed by atoms with Crippen LogP contribution in [0.1, 0.15) is 5.56 Å². The van der Waals surface area contributed by atoms with Gasteiger partial charge in [0.1, 0.15) is 5.69 Å². The lowest BCUT2D eigenvalue weighted by Crippen LogP contribution is -2.17. The van der Waals surface area contributed by atoms with Crippen LogP contribution in [0.15, 0.2) is 41.3 Å². The molecule has 24 heavy (non-hydrogen) atoms. The summed E-state index contributed by atoms with van der Waals surface area (Å²) in [5, 5.41) is 2.50. The van der Waals surface area contributed by atoms with E-state index in [9.17, 15) is 9.59 Å². The number of ether oxygens (including phenoxy) is 3. The van der Waals surface area contributed by atoms with E-state index in [1.165, 1.54) is 39.7 Å². The Hall–Kier alpha value is -3.22. The average molecular weight is 330 g/mol. The van der Waals surface area contributed by atoms with Crippen LogP contribution in [0.2, 0.25) is 0 Å². The lowest BCUT2D eigenvalue weighted by atomic mass is 10.1. The van der Waals surface area contributed by atoms with Gasteiger partial charge in [0.2, 0.25) is 11.7 Å². The first-order chi connectivity index (χ1) is 11.6. The van der Waals surface area contributed by atoms with E-state index in [1.807, 2.05) is 0 Å². The minimum absolute atomic E-state index is 0.178. The van der Waals surface area contributed by atoms with Gasteiger partial charge < -0.3 is 24.5 Å². The SMILES string of the molecule is COc1cc(C=CC(=O)Nc2ccc[nH]c2=O)cc(OC)c1OC. The number of anilines is 1. The van der Waals surface area contributed by atoms with E-state index in [1.54, 1.807) is 24.3 Å². The number of hydrogen-bond acceptors (Lipinski definition) is 5. The van der Waals surface area contributed by atoms with E-state index in [2.05, 4.69) is 10.3 Å². The van der Waals surface area contributed by atoms with Crippen LogP contribution in [-0.4, -0.2) is 32.2 Å². The van der Waals surface area contributed by atoms with E-state index in [0.29, 0.717) is 22.8 Å². The first-order valence-electron chi connectivity index (χ1n) is 7.05. The van der Waals surface area contributed by atoms with Crippen molar-refractivity contribution in [3.05, 3.63) is 52.5 Å². The Balaban J connectivity index is 2.21. The molecule has 7 nitrogen and oxygen atoms in total. The van der Waals surface area contributed by atoms with Crippen molar-refractivity contribution >= 4 is 17.7 Å². The predicted molar refractivity (Wildman–Crippen MR) is 90.8 cm³/mol. The van der Waals surface area contributed by atoms with Gasteiger partial charge in [0.15, 0.2) is 11.5 Å². The van der Waals surface area contributed by atoms with Crippen LogP contribution in [0.25, 0.3) is 6.08 Å². The van der Waals surface area contributed by atoms with Crippen LogP contribution < -0.4 is 25.1 Å². The summed E-state index contributed by atoms with van der Waals surface area (Å²) in [5.74, 6) is 1.01. The van der Waals surface area contributed by atoms with Crippen LogP contribution in [0, 0.1) is 0 Å². The molecule has 126 valence electrons. The number of nitrogens with one attached hydrogen (secondary N) is 2. The Morgan fingerprint density at radius 3 is 2.33 bits per heavy atom. The smallest absolute Gasteiger partial charge is 0.271 e. The molecule has 0 fully saturated rings. The molecule has 0 saturated carbocycles. The molecule has 2 rings (SSSR count). The molecule has 0 spiro atoms. The Bertz CT molecular complexity index is 786. The van der Waals surface area contributed by atoms with Gasteiger partial charge in [-0.15, -0.1) is 0 Å². The van der Waals surface area contributed by atoms with Crippen molar-refractivity contribution in [3.63, 3.8) is 0 Å². The predicted octanol–water partition coefficient (Wildman–Crippen LogP) is 2.05. The van der Waals surface area contributed by atoms with Crippen molar-refractivity contribution in [2.45, 2.75) is 0 Å². The minimum Gasteiger partial charge on any atom is -0.493 e. The summed E-state index contributed by atoms with van der Waals surface area (Å²) in [6.07, 6.45) is 4.38. The second kappa shape index (κ2) is 7.87. The molecule has 2 aromatic rings. The summed E-state index contributed by atoms with van der Waals surface area (Å²) in [7, 11) is 4.54. The van der Waals surface area contributed by atoms with Gasteiger partial charge in [-0.3, -0.25) is 9.59 Å². The second-order valence-electron chi connectivity index (χ2n) is 4.69. The van der Waals surface area contributed by atoms with Crippen LogP contribution >= 0.6 is 0 Å². The molecule has 0 aliphatic carbocycles. The second-order valence-corrected chi connectivity index (χ2v) is 4.69. The highest BCUT2D eigenvalue weighted by molar-refractivity contribution is 6.01. The third-order valence-electron chi connectivity index (χ3n) is 3.19. The van der Waals surface area contributed by atoms with E-state index in [-0.39, 0.29) is 11.2 Å². The number of aromatic amines is 1. The number of amides is 1. The number of benzene rings is 1. The first kappa shape index (κ1) is 17.1. The molecular weight excluding hydrogens is 312 g/mol. The Morgan fingerprint density at radius 1 is 1.12 bits per heavy atom. The molecule has 0 bridgehead atoms. The summed E-state index contributed by atoms with van der Waals surface area (Å²) in [5.41, 5.74) is 0.491. The topological polar surface area (TPSA) is 89.7 Å². The molecule has 7 heteroatoms. The fourth-order valence-corrected chi connectivity index (χ4v) is 2.06. The molecule has 0 aliphatic heterocycles. The fourth-order valence-electron chi connectivity index (χ4n) is 2.06. The number of carbonyl (C=O) groups is 1. The van der Waals surface area contributed by atoms with Gasteiger partial charge in [0.05, 0.1) is 21.3 Å². The van der Waals surface area contributed by atoms with E-state index in [4.69, 9.17) is 14.2 Å². The Labute approximate surface area is 138 Å². The molecule has 1 amide bonds. The zero-order chi connectivity index (χ0) is 17.5. The molecule has 1 aromatic carbocycles. The number of rotatable bonds is 6. The summed E-state index contributed by atoms with van der Waals surface area (Å²) < 4.78 is 15.7. The summed E-state index contributed by atoms with van der Waals surface area (Å²) in [6.45, 7) is 0. The molecule has 0 unspecified atom stereocenters. The number of methoxy groups -OCH3 is 3. The monoisotopic (exact) mass is 330 g/mol. The molecule has 1 heterocycles. The molecule has 0 aliphatic rings. The third-order valence-corrected chi connectivity index (χ3v) is 3.19. The molecule has 1 aromatic heterocycles. The van der Waals surface area contributed by atoms with Crippen molar-refractivity contribution in [1.82, 2.24) is 4.98 Å². The quantitative estimate of drug-likeness (QED) is 0.791. The third kappa shape index (κ3) is 3.95. The number of pyridine rings is 1. The van der Waals surface area contributed by atoms with E-state index < -0.39 is 5.91 Å². The minimum atomic E-state index is -0.430. The molecule has 0 radical (unpaired) electrons. The lowest BCUT2D eigenvalue weighted by Gasteiger charge is -2.12. The molecule has 2 N–H and O–H groups in total. The number of H-pyrrole nitrogens is 1. The molecule has 0 atom stereocenters. The van der Waals surface area contributed by atoms with Gasteiger partial charge in [0, 0.05) is 12.3 Å². The maximum atomic E-state index is 11.9. The highest BCUT2D eigenvalue weighted by atomic mass is 16.5. The van der Waals surface area contributed by atoms with Crippen molar-refractivity contribution in [1.29, 1.82) is 0 Å². The van der Waals surface area contributed by atoms with Crippen LogP contribution in [0.4, 0.5) is 5.69 Å². The Morgan fingerprint density at radius 2 is 1.79 bits per heavy atom. The largest absolute Gasteiger partial charge is 0.493 e. The van der Waals surface area contributed by atoms with Gasteiger partial charge in [-0.25, -0.2) is 0 Å². The lowest BCUT2D eigenvalue weighted by molar-refractivity contribution is -0.111. The first-order valence-corrected chi connectivity index (χ1v) is 7.05. The fraction of sp³-hybridized carbons (Fsp3) is 0.176. The highest BCUT2D eigenvalue weighted by Gasteiger charge is 2.12. The molecular formula is C17H18N2O5. The van der Waals surface area contributed by atoms with Crippen LogP contribution in [-0.2, 0) is 4.79 Å². The van der Waals surface area contributed by atoms with E-state index >= 15 is 0 Å². The number of hydrogen-bond donors (Lipinski definition) is 2. The highest BCUT2D eigenvalue weighted by Crippen LogP contribution is 2.38. The summed E-state index contributed by atoms with van der Waals surface area (Å²) in [6, 6.07) is 6.56.